The second kappa shape index (κ2) is 8.07. The van der Waals surface area contributed by atoms with Crippen molar-refractivity contribution in [3.8, 4) is 0 Å². The maximum Gasteiger partial charge on any atom is 0.335 e. The van der Waals surface area contributed by atoms with Gasteiger partial charge >= 0.3 is 5.97 Å². The molecule has 8 heteroatoms. The predicted octanol–water partition coefficient (Wildman–Crippen LogP) is 1.56. The summed E-state index contributed by atoms with van der Waals surface area (Å²) in [5.41, 5.74) is 9.93. The summed E-state index contributed by atoms with van der Waals surface area (Å²) in [5.74, 6) is 5.11. The molecule has 0 bridgehead atoms. The highest BCUT2D eigenvalue weighted by molar-refractivity contribution is 5.89. The number of anilines is 2. The van der Waals surface area contributed by atoms with Crippen molar-refractivity contribution in [2.75, 3.05) is 36.2 Å². The van der Waals surface area contributed by atoms with Gasteiger partial charge in [0.15, 0.2) is 0 Å². The number of nitrogens with two attached hydrogens (primary N) is 2. The number of aromatic carboxylic acids is 1. The minimum absolute atomic E-state index is 0.161. The molecule has 27 heavy (non-hydrogen) atoms. The van der Waals surface area contributed by atoms with Crippen LogP contribution in [0.1, 0.15) is 21.5 Å². The van der Waals surface area contributed by atoms with Gasteiger partial charge in [-0.3, -0.25) is 9.99 Å². The van der Waals surface area contributed by atoms with Gasteiger partial charge in [-0.05, 0) is 30.7 Å². The fraction of sp³-hybridized carbons (Fsp3) is 0.263. The van der Waals surface area contributed by atoms with Gasteiger partial charge in [0.05, 0.1) is 42.0 Å². The summed E-state index contributed by atoms with van der Waals surface area (Å²) in [6.07, 6.45) is 5.03. The lowest BCUT2D eigenvalue weighted by atomic mass is 10.1. The van der Waals surface area contributed by atoms with Gasteiger partial charge < -0.3 is 20.5 Å². The van der Waals surface area contributed by atoms with Crippen LogP contribution < -0.4 is 21.5 Å². The van der Waals surface area contributed by atoms with Crippen molar-refractivity contribution in [2.45, 2.75) is 6.92 Å². The largest absolute Gasteiger partial charge is 0.478 e. The molecule has 3 rings (SSSR count). The third-order valence-corrected chi connectivity index (χ3v) is 4.45. The van der Waals surface area contributed by atoms with E-state index in [-0.39, 0.29) is 5.56 Å². The first-order chi connectivity index (χ1) is 13.0. The second-order valence-corrected chi connectivity index (χ2v) is 6.33. The molecular formula is C19H23N5O3. The molecule has 0 radical (unpaired) electrons. The third-order valence-electron chi connectivity index (χ3n) is 4.45. The molecule has 0 aliphatic carbocycles. The monoisotopic (exact) mass is 369 g/mol. The highest BCUT2D eigenvalue weighted by Crippen LogP contribution is 2.23. The third kappa shape index (κ3) is 4.36. The molecule has 1 fully saturated rings. The van der Waals surface area contributed by atoms with Crippen LogP contribution in [0.5, 0.6) is 0 Å². The quantitative estimate of drug-likeness (QED) is 0.537. The lowest BCUT2D eigenvalue weighted by molar-refractivity contribution is 0.0697. The van der Waals surface area contributed by atoms with Gasteiger partial charge in [0.1, 0.15) is 0 Å². The van der Waals surface area contributed by atoms with Crippen LogP contribution >= 0.6 is 0 Å². The van der Waals surface area contributed by atoms with Crippen LogP contribution in [0.2, 0.25) is 0 Å². The Labute approximate surface area is 157 Å². The molecule has 2 aromatic rings. The molecule has 0 unspecified atom stereocenters. The summed E-state index contributed by atoms with van der Waals surface area (Å²) in [7, 11) is 0. The van der Waals surface area contributed by atoms with Crippen LogP contribution in [0.15, 0.2) is 42.9 Å². The summed E-state index contributed by atoms with van der Waals surface area (Å²) < 4.78 is 5.38. The lowest BCUT2D eigenvalue weighted by Crippen LogP contribution is -2.36. The fourth-order valence-corrected chi connectivity index (χ4v) is 2.89. The molecule has 1 aliphatic rings. The van der Waals surface area contributed by atoms with E-state index in [1.807, 2.05) is 13.0 Å². The van der Waals surface area contributed by atoms with Crippen LogP contribution in [0, 0.1) is 6.92 Å². The van der Waals surface area contributed by atoms with Crippen molar-refractivity contribution < 1.29 is 14.6 Å². The smallest absolute Gasteiger partial charge is 0.335 e. The van der Waals surface area contributed by atoms with Crippen LogP contribution in [-0.4, -0.2) is 42.4 Å². The van der Waals surface area contributed by atoms with Gasteiger partial charge in [0.2, 0.25) is 0 Å². The Morgan fingerprint density at radius 1 is 1.26 bits per heavy atom. The van der Waals surface area contributed by atoms with Gasteiger partial charge in [-0.1, -0.05) is 6.07 Å². The summed E-state index contributed by atoms with van der Waals surface area (Å²) in [5, 5.41) is 10.5. The van der Waals surface area contributed by atoms with Crippen molar-refractivity contribution >= 4 is 23.0 Å². The second-order valence-electron chi connectivity index (χ2n) is 6.33. The number of hydrogen-bond donors (Lipinski definition) is 3. The van der Waals surface area contributed by atoms with Crippen LogP contribution in [0.4, 0.5) is 11.4 Å². The SMILES string of the molecule is Cc1ccc(C(=O)O)cc1N(N)/C=C(\N)c1cncc(N2CCOCC2)c1. The minimum Gasteiger partial charge on any atom is -0.478 e. The molecule has 0 amide bonds. The Hall–Kier alpha value is -3.10. The molecule has 0 spiro atoms. The summed E-state index contributed by atoms with van der Waals surface area (Å²) in [6, 6.07) is 6.73. The number of nitrogens with zero attached hydrogens (tertiary/aromatic N) is 3. The van der Waals surface area contributed by atoms with Crippen LogP contribution in [0.3, 0.4) is 0 Å². The highest BCUT2D eigenvalue weighted by atomic mass is 16.5. The average Bonchev–Trinajstić information content (AvgIpc) is 2.68. The topological polar surface area (TPSA) is 118 Å². The van der Waals surface area contributed by atoms with Gasteiger partial charge in [0.25, 0.3) is 0 Å². The van der Waals surface area contributed by atoms with E-state index in [1.165, 1.54) is 17.1 Å². The predicted molar refractivity (Wildman–Crippen MR) is 104 cm³/mol. The highest BCUT2D eigenvalue weighted by Gasteiger charge is 2.13. The molecule has 142 valence electrons. The molecule has 8 nitrogen and oxygen atoms in total. The van der Waals surface area contributed by atoms with E-state index < -0.39 is 5.97 Å². The standard InChI is InChI=1S/C19H23N5O3/c1-13-2-3-14(19(25)26)9-18(13)24(21)12-17(20)15-8-16(11-22-10-15)23-4-6-27-7-5-23/h2-3,8-12H,4-7,20-21H2,1H3,(H,25,26)/b17-12-. The zero-order valence-electron chi connectivity index (χ0n) is 15.1. The van der Waals surface area contributed by atoms with Crippen LogP contribution in [0.25, 0.3) is 5.70 Å². The average molecular weight is 369 g/mol. The van der Waals surface area contributed by atoms with Crippen molar-refractivity contribution in [2.24, 2.45) is 11.6 Å². The molecule has 5 N–H and O–H groups in total. The first kappa shape index (κ1) is 18.7. The zero-order chi connectivity index (χ0) is 19.4. The number of carboxylic acids is 1. The van der Waals surface area contributed by atoms with Crippen molar-refractivity contribution in [3.05, 3.63) is 59.5 Å². The molecular weight excluding hydrogens is 346 g/mol. The van der Waals surface area contributed by atoms with Gasteiger partial charge in [-0.15, -0.1) is 0 Å². The number of benzene rings is 1. The Balaban J connectivity index is 1.85. The minimum atomic E-state index is -1.01. The van der Waals surface area contributed by atoms with E-state index in [1.54, 1.807) is 24.7 Å². The molecule has 1 aliphatic heterocycles. The molecule has 1 aromatic carbocycles. The van der Waals surface area contributed by atoms with Crippen molar-refractivity contribution in [1.29, 1.82) is 0 Å². The molecule has 0 saturated carbocycles. The first-order valence-corrected chi connectivity index (χ1v) is 8.59. The van der Waals surface area contributed by atoms with E-state index in [4.69, 9.17) is 16.3 Å². The van der Waals surface area contributed by atoms with Gasteiger partial charge in [-0.25, -0.2) is 10.6 Å². The maximum atomic E-state index is 11.2. The Morgan fingerprint density at radius 2 is 2.00 bits per heavy atom. The number of pyridine rings is 1. The summed E-state index contributed by atoms with van der Waals surface area (Å²) in [6.45, 7) is 4.83. The van der Waals surface area contributed by atoms with E-state index in [0.717, 1.165) is 29.9 Å². The lowest BCUT2D eigenvalue weighted by Gasteiger charge is -2.28. The summed E-state index contributed by atoms with van der Waals surface area (Å²) in [4.78, 5) is 17.7. The Bertz CT molecular complexity index is 862. The van der Waals surface area contributed by atoms with Crippen molar-refractivity contribution in [1.82, 2.24) is 4.98 Å². The molecule has 2 heterocycles. The van der Waals surface area contributed by atoms with Crippen LogP contribution in [-0.2, 0) is 4.74 Å². The fourth-order valence-electron chi connectivity index (χ4n) is 2.89. The number of aromatic nitrogens is 1. The van der Waals surface area contributed by atoms with E-state index >= 15 is 0 Å². The number of ether oxygens (including phenoxy) is 1. The van der Waals surface area contributed by atoms with E-state index in [0.29, 0.717) is 24.6 Å². The number of rotatable bonds is 5. The van der Waals surface area contributed by atoms with Crippen molar-refractivity contribution in [3.63, 3.8) is 0 Å². The van der Waals surface area contributed by atoms with Gasteiger partial charge in [0, 0.05) is 31.0 Å². The molecule has 0 atom stereocenters. The number of carboxylic acid groups (broad SMARTS) is 1. The maximum absolute atomic E-state index is 11.2. The number of aryl methyl sites for hydroxylation is 1. The molecule has 1 aromatic heterocycles. The number of hydrogen-bond acceptors (Lipinski definition) is 7. The van der Waals surface area contributed by atoms with E-state index in [9.17, 15) is 9.90 Å². The number of morpholine rings is 1. The zero-order valence-corrected chi connectivity index (χ0v) is 15.1. The first-order valence-electron chi connectivity index (χ1n) is 8.59. The number of hydrazine groups is 1. The Kier molecular flexibility index (Phi) is 5.58. The van der Waals surface area contributed by atoms with E-state index in [2.05, 4.69) is 9.88 Å². The normalized spacial score (nSPS) is 14.9. The molecule has 1 saturated heterocycles. The van der Waals surface area contributed by atoms with Gasteiger partial charge in [-0.2, -0.15) is 0 Å². The Morgan fingerprint density at radius 3 is 2.70 bits per heavy atom. The summed E-state index contributed by atoms with van der Waals surface area (Å²) >= 11 is 0. The number of carbonyl (C=O) groups is 1.